The van der Waals surface area contributed by atoms with E-state index >= 15 is 0 Å². The van der Waals surface area contributed by atoms with Gasteiger partial charge in [0.2, 0.25) is 0 Å². The lowest BCUT2D eigenvalue weighted by Crippen LogP contribution is -2.35. The van der Waals surface area contributed by atoms with Crippen LogP contribution in [0.1, 0.15) is 30.0 Å². The van der Waals surface area contributed by atoms with E-state index in [4.69, 9.17) is 21.1 Å². The minimum atomic E-state index is -4.48. The Kier molecular flexibility index (Phi) is 3.37. The molecule has 0 saturated carbocycles. The minimum Gasteiger partial charge on any atom is -0.467 e. The third kappa shape index (κ3) is 2.38. The molecule has 0 spiro atoms. The average Bonchev–Trinajstić information content (AvgIpc) is 3.05. The molecule has 2 N–H and O–H groups in total. The van der Waals surface area contributed by atoms with Crippen molar-refractivity contribution in [1.29, 1.82) is 0 Å². The van der Waals surface area contributed by atoms with E-state index in [1.54, 1.807) is 12.1 Å². The highest BCUT2D eigenvalue weighted by Gasteiger charge is 2.47. The smallest absolute Gasteiger partial charge is 0.410 e. The molecule has 21 heavy (non-hydrogen) atoms. The van der Waals surface area contributed by atoms with E-state index < -0.39 is 24.9 Å². The van der Waals surface area contributed by atoms with Crippen molar-refractivity contribution in [3.05, 3.63) is 34.9 Å². The van der Waals surface area contributed by atoms with E-state index in [0.717, 1.165) is 4.68 Å². The van der Waals surface area contributed by atoms with Crippen LogP contribution >= 0.6 is 11.6 Å². The molecule has 3 heterocycles. The van der Waals surface area contributed by atoms with Crippen LogP contribution in [0.2, 0.25) is 5.02 Å². The zero-order valence-electron chi connectivity index (χ0n) is 10.6. The van der Waals surface area contributed by atoms with E-state index in [0.29, 0.717) is 5.76 Å². The fourth-order valence-corrected chi connectivity index (χ4v) is 2.65. The third-order valence-electron chi connectivity index (χ3n) is 3.40. The van der Waals surface area contributed by atoms with Gasteiger partial charge in [-0.3, -0.25) is 0 Å². The molecule has 0 bridgehead atoms. The summed E-state index contributed by atoms with van der Waals surface area (Å²) in [6.45, 7) is -0.531. The molecule has 2 aromatic heterocycles. The molecule has 1 aliphatic rings. The summed E-state index contributed by atoms with van der Waals surface area (Å²) in [5.74, 6) is 0.425. The molecule has 9 heteroatoms. The zero-order chi connectivity index (χ0) is 15.2. The summed E-state index contributed by atoms with van der Waals surface area (Å²) < 4.78 is 45.7. The van der Waals surface area contributed by atoms with Gasteiger partial charge in [0.1, 0.15) is 22.3 Å². The number of hydrogen-bond donors (Lipinski definition) is 2. The Balaban J connectivity index is 2.07. The fourth-order valence-electron chi connectivity index (χ4n) is 2.41. The van der Waals surface area contributed by atoms with E-state index in [-0.39, 0.29) is 23.0 Å². The number of rotatable bonds is 2. The van der Waals surface area contributed by atoms with Gasteiger partial charge in [-0.15, -0.1) is 0 Å². The summed E-state index contributed by atoms with van der Waals surface area (Å²) in [5, 5.41) is 15.7. The summed E-state index contributed by atoms with van der Waals surface area (Å²) in [4.78, 5) is 0. The molecule has 0 unspecified atom stereocenters. The van der Waals surface area contributed by atoms with Crippen LogP contribution in [0.3, 0.4) is 0 Å². The summed E-state index contributed by atoms with van der Waals surface area (Å²) in [5.41, 5.74) is 0.00788. The van der Waals surface area contributed by atoms with Gasteiger partial charge in [-0.1, -0.05) is 11.6 Å². The molecule has 0 aliphatic carbocycles. The van der Waals surface area contributed by atoms with E-state index in [1.807, 2.05) is 0 Å². The fraction of sp³-hybridized carbons (Fsp3) is 0.417. The van der Waals surface area contributed by atoms with E-state index in [2.05, 4.69) is 10.4 Å². The lowest BCUT2D eigenvalue weighted by molar-refractivity contribution is -0.174. The predicted molar refractivity (Wildman–Crippen MR) is 67.9 cm³/mol. The highest BCUT2D eigenvalue weighted by molar-refractivity contribution is 6.33. The van der Waals surface area contributed by atoms with Gasteiger partial charge in [0.05, 0.1) is 18.9 Å². The first-order valence-corrected chi connectivity index (χ1v) is 6.54. The number of aromatic nitrogens is 2. The van der Waals surface area contributed by atoms with Gasteiger partial charge in [-0.05, 0) is 12.1 Å². The number of nitrogens with zero attached hydrogens (tertiary/aromatic N) is 2. The van der Waals surface area contributed by atoms with Gasteiger partial charge in [0, 0.05) is 6.42 Å². The van der Waals surface area contributed by atoms with Gasteiger partial charge in [0.25, 0.3) is 0 Å². The Morgan fingerprint density at radius 3 is 2.86 bits per heavy atom. The highest BCUT2D eigenvalue weighted by Crippen LogP contribution is 2.46. The quantitative estimate of drug-likeness (QED) is 0.891. The molecule has 2 atom stereocenters. The molecule has 0 fully saturated rings. The number of halogens is 4. The predicted octanol–water partition coefficient (Wildman–Crippen LogP) is 3.28. The topological polar surface area (TPSA) is 63.2 Å². The van der Waals surface area contributed by atoms with Crippen molar-refractivity contribution in [2.45, 2.75) is 31.3 Å². The van der Waals surface area contributed by atoms with Crippen molar-refractivity contribution in [2.24, 2.45) is 0 Å². The number of nitrogens with one attached hydrogen (secondary N) is 1. The number of aliphatic hydroxyl groups excluding tert-OH is 1. The zero-order valence-corrected chi connectivity index (χ0v) is 11.3. The number of anilines is 1. The molecular weight excluding hydrogens is 311 g/mol. The van der Waals surface area contributed by atoms with Crippen molar-refractivity contribution < 1.29 is 22.7 Å². The van der Waals surface area contributed by atoms with Crippen LogP contribution in [-0.2, 0) is 6.61 Å². The molecular formula is C12H11ClF3N3O2. The van der Waals surface area contributed by atoms with Crippen LogP contribution in [0, 0.1) is 0 Å². The summed E-state index contributed by atoms with van der Waals surface area (Å²) in [7, 11) is 0. The van der Waals surface area contributed by atoms with Gasteiger partial charge < -0.3 is 14.8 Å². The number of alkyl halides is 3. The maximum atomic E-state index is 13.3. The number of hydrogen-bond acceptors (Lipinski definition) is 4. The standard InChI is InChI=1S/C12H11ClF3N3O2/c13-10-7(5-20)18-19-9(12(14,15)16)4-6(17-11(10)19)8-2-1-3-21-8/h1-3,6,9,17,20H,4-5H2/t6-,9-/m0/s1. The third-order valence-corrected chi connectivity index (χ3v) is 3.80. The molecule has 3 rings (SSSR count). The van der Waals surface area contributed by atoms with Gasteiger partial charge in [0.15, 0.2) is 6.04 Å². The highest BCUT2D eigenvalue weighted by atomic mass is 35.5. The largest absolute Gasteiger partial charge is 0.467 e. The summed E-state index contributed by atoms with van der Waals surface area (Å²) >= 11 is 5.98. The van der Waals surface area contributed by atoms with Crippen LogP contribution in [0.25, 0.3) is 0 Å². The molecule has 0 aromatic carbocycles. The number of fused-ring (bicyclic) bond motifs is 1. The summed E-state index contributed by atoms with van der Waals surface area (Å²) in [6.07, 6.45) is -3.36. The maximum absolute atomic E-state index is 13.3. The van der Waals surface area contributed by atoms with Crippen LogP contribution in [-0.4, -0.2) is 21.1 Å². The number of aliphatic hydroxyl groups is 1. The molecule has 0 amide bonds. The van der Waals surface area contributed by atoms with Crippen molar-refractivity contribution in [2.75, 3.05) is 5.32 Å². The average molecular weight is 322 g/mol. The maximum Gasteiger partial charge on any atom is 0.410 e. The molecule has 0 radical (unpaired) electrons. The van der Waals surface area contributed by atoms with E-state index in [1.165, 1.54) is 6.26 Å². The van der Waals surface area contributed by atoms with Gasteiger partial charge >= 0.3 is 6.18 Å². The van der Waals surface area contributed by atoms with Crippen LogP contribution < -0.4 is 5.32 Å². The molecule has 114 valence electrons. The van der Waals surface area contributed by atoms with Gasteiger partial charge in [-0.25, -0.2) is 4.68 Å². The summed E-state index contributed by atoms with van der Waals surface area (Å²) in [6, 6.07) is 0.700. The Labute approximate surface area is 122 Å². The second-order valence-corrected chi connectivity index (χ2v) is 5.10. The van der Waals surface area contributed by atoms with Crippen LogP contribution in [0.4, 0.5) is 19.0 Å². The van der Waals surface area contributed by atoms with Crippen molar-refractivity contribution in [3.63, 3.8) is 0 Å². The molecule has 5 nitrogen and oxygen atoms in total. The van der Waals surface area contributed by atoms with Crippen LogP contribution in [0.15, 0.2) is 22.8 Å². The first-order valence-electron chi connectivity index (χ1n) is 6.16. The normalized spacial score (nSPS) is 22.0. The molecule has 1 aliphatic heterocycles. The van der Waals surface area contributed by atoms with Crippen molar-refractivity contribution >= 4 is 17.4 Å². The number of furan rings is 1. The van der Waals surface area contributed by atoms with E-state index in [9.17, 15) is 13.2 Å². The van der Waals surface area contributed by atoms with Crippen molar-refractivity contribution in [1.82, 2.24) is 9.78 Å². The lowest BCUT2D eigenvalue weighted by atomic mass is 10.0. The van der Waals surface area contributed by atoms with Crippen LogP contribution in [0.5, 0.6) is 0 Å². The van der Waals surface area contributed by atoms with Gasteiger partial charge in [-0.2, -0.15) is 18.3 Å². The lowest BCUT2D eigenvalue weighted by Gasteiger charge is -2.32. The van der Waals surface area contributed by atoms with Crippen molar-refractivity contribution in [3.8, 4) is 0 Å². The Morgan fingerprint density at radius 2 is 2.29 bits per heavy atom. The first-order chi connectivity index (χ1) is 9.91. The minimum absolute atomic E-state index is 0.00788. The first kappa shape index (κ1) is 14.3. The Morgan fingerprint density at radius 1 is 1.52 bits per heavy atom. The molecule has 2 aromatic rings. The Hall–Kier alpha value is -1.67. The molecule has 0 saturated heterocycles. The Bertz CT molecular complexity index is 639. The second kappa shape index (κ2) is 4.96. The SMILES string of the molecule is OCc1nn2c(c1Cl)N[C@H](c1ccco1)C[C@H]2C(F)(F)F. The second-order valence-electron chi connectivity index (χ2n) is 4.72. The monoisotopic (exact) mass is 321 g/mol.